The fourth-order valence-corrected chi connectivity index (χ4v) is 6.25. The van der Waals surface area contributed by atoms with Crippen molar-refractivity contribution in [3.8, 4) is 28.3 Å². The minimum atomic E-state index is 0.446. The summed E-state index contributed by atoms with van der Waals surface area (Å²) in [6, 6.07) is 27.5. The lowest BCUT2D eigenvalue weighted by Crippen LogP contribution is -2.44. The first-order valence-corrected chi connectivity index (χ1v) is 14.7. The van der Waals surface area contributed by atoms with Gasteiger partial charge in [-0.3, -0.25) is 9.47 Å². The van der Waals surface area contributed by atoms with E-state index in [9.17, 15) is 0 Å². The molecule has 7 rings (SSSR count). The molecular weight excluding hydrogens is 518 g/mol. The maximum absolute atomic E-state index is 6.33. The predicted molar refractivity (Wildman–Crippen MR) is 170 cm³/mol. The summed E-state index contributed by atoms with van der Waals surface area (Å²) in [6.45, 7) is 8.50. The molecule has 0 amide bonds. The second-order valence-corrected chi connectivity index (χ2v) is 11.2. The number of rotatable bonds is 6. The van der Waals surface area contributed by atoms with Crippen LogP contribution in [0.2, 0.25) is 0 Å². The molecule has 0 aliphatic carbocycles. The van der Waals surface area contributed by atoms with Gasteiger partial charge in [0.15, 0.2) is 11.5 Å². The Morgan fingerprint density at radius 3 is 2.43 bits per heavy atom. The number of hydrogen-bond donors (Lipinski definition) is 1. The number of fused-ring (bicyclic) bond motifs is 1. The van der Waals surface area contributed by atoms with Crippen molar-refractivity contribution in [1.29, 1.82) is 0 Å². The van der Waals surface area contributed by atoms with Crippen molar-refractivity contribution in [3.63, 3.8) is 0 Å². The third kappa shape index (κ3) is 5.08. The number of nitrogens with two attached hydrogens (primary N) is 1. The van der Waals surface area contributed by atoms with Gasteiger partial charge in [-0.25, -0.2) is 15.0 Å². The van der Waals surface area contributed by atoms with E-state index in [4.69, 9.17) is 15.7 Å². The Morgan fingerprint density at radius 2 is 1.67 bits per heavy atom. The summed E-state index contributed by atoms with van der Waals surface area (Å²) in [4.78, 5) is 19.5. The Balaban J connectivity index is 1.17. The topological polar surface area (TPSA) is 76.1 Å². The van der Waals surface area contributed by atoms with Gasteiger partial charge in [0, 0.05) is 55.4 Å². The van der Waals surface area contributed by atoms with Crippen LogP contribution in [0.1, 0.15) is 24.8 Å². The van der Waals surface area contributed by atoms with E-state index in [0.29, 0.717) is 11.9 Å². The van der Waals surface area contributed by atoms with Crippen LogP contribution in [0, 0.1) is 0 Å². The van der Waals surface area contributed by atoms with Crippen LogP contribution in [0.4, 0.5) is 5.82 Å². The van der Waals surface area contributed by atoms with Crippen LogP contribution < -0.4 is 5.73 Å². The van der Waals surface area contributed by atoms with Crippen LogP contribution >= 0.6 is 0 Å². The molecule has 3 aromatic heterocycles. The number of benzene rings is 2. The van der Waals surface area contributed by atoms with Crippen molar-refractivity contribution in [2.75, 3.05) is 25.4 Å². The fraction of sp³-hybridized carbons (Fsp3) is 0.229. The molecule has 2 N–H and O–H groups in total. The van der Waals surface area contributed by atoms with Gasteiger partial charge in [0.1, 0.15) is 11.3 Å². The van der Waals surface area contributed by atoms with E-state index in [2.05, 4.69) is 74.5 Å². The molecule has 0 unspecified atom stereocenters. The maximum Gasteiger partial charge on any atom is 0.165 e. The fourth-order valence-electron chi connectivity index (χ4n) is 6.25. The summed E-state index contributed by atoms with van der Waals surface area (Å²) in [6.07, 6.45) is 9.59. The first-order chi connectivity index (χ1) is 20.6. The molecule has 1 saturated heterocycles. The van der Waals surface area contributed by atoms with Crippen LogP contribution in [0.5, 0.6) is 0 Å². The SMILES string of the molecule is C=C1C=CCCN1C1CCN(Cc2ccc(-n3c(-c4cccnc4N)nc4ccc(-c5ccccc5)nc43)cc2)CC1. The zero-order valence-electron chi connectivity index (χ0n) is 23.7. The molecule has 210 valence electrons. The number of anilines is 1. The number of piperidine rings is 1. The number of likely N-dealkylation sites (tertiary alicyclic amines) is 1. The molecule has 5 heterocycles. The van der Waals surface area contributed by atoms with Crippen LogP contribution in [0.25, 0.3) is 39.5 Å². The molecule has 0 saturated carbocycles. The van der Waals surface area contributed by atoms with E-state index >= 15 is 0 Å². The molecule has 0 radical (unpaired) electrons. The average molecular weight is 554 g/mol. The highest BCUT2D eigenvalue weighted by molar-refractivity contribution is 5.84. The van der Waals surface area contributed by atoms with Gasteiger partial charge in [-0.1, -0.05) is 55.1 Å². The Bertz CT molecular complexity index is 1750. The smallest absolute Gasteiger partial charge is 0.165 e. The highest BCUT2D eigenvalue weighted by Gasteiger charge is 2.26. The van der Waals surface area contributed by atoms with Gasteiger partial charge in [0.05, 0.1) is 11.3 Å². The van der Waals surface area contributed by atoms with Gasteiger partial charge < -0.3 is 10.6 Å². The van der Waals surface area contributed by atoms with Crippen molar-refractivity contribution in [2.24, 2.45) is 0 Å². The van der Waals surface area contributed by atoms with Crippen molar-refractivity contribution < 1.29 is 0 Å². The molecule has 0 spiro atoms. The van der Waals surface area contributed by atoms with Crippen LogP contribution in [-0.2, 0) is 6.54 Å². The van der Waals surface area contributed by atoms with Crippen LogP contribution in [-0.4, -0.2) is 55.0 Å². The molecule has 2 aromatic carbocycles. The normalized spacial score (nSPS) is 16.4. The highest BCUT2D eigenvalue weighted by atomic mass is 15.2. The summed E-state index contributed by atoms with van der Waals surface area (Å²) in [5, 5.41) is 0. The molecule has 42 heavy (non-hydrogen) atoms. The molecule has 1 fully saturated rings. The van der Waals surface area contributed by atoms with Crippen LogP contribution in [0.3, 0.4) is 0 Å². The minimum absolute atomic E-state index is 0.446. The number of nitrogens with zero attached hydrogens (tertiary/aromatic N) is 6. The van der Waals surface area contributed by atoms with Gasteiger partial charge in [0.2, 0.25) is 0 Å². The lowest BCUT2D eigenvalue weighted by molar-refractivity contribution is 0.130. The molecule has 7 nitrogen and oxygen atoms in total. The summed E-state index contributed by atoms with van der Waals surface area (Å²) in [5.41, 5.74) is 14.1. The van der Waals surface area contributed by atoms with Gasteiger partial charge in [-0.05, 0) is 67.3 Å². The molecule has 7 heteroatoms. The van der Waals surface area contributed by atoms with E-state index in [0.717, 1.165) is 72.1 Å². The van der Waals surface area contributed by atoms with Gasteiger partial charge >= 0.3 is 0 Å². The highest BCUT2D eigenvalue weighted by Crippen LogP contribution is 2.32. The largest absolute Gasteiger partial charge is 0.383 e. The number of allylic oxidation sites excluding steroid dienone is 1. The second kappa shape index (κ2) is 11.3. The Hall–Kier alpha value is -4.75. The van der Waals surface area contributed by atoms with Crippen molar-refractivity contribution in [2.45, 2.75) is 31.8 Å². The van der Waals surface area contributed by atoms with Crippen molar-refractivity contribution in [1.82, 2.24) is 29.3 Å². The van der Waals surface area contributed by atoms with Gasteiger partial charge in [-0.2, -0.15) is 0 Å². The first-order valence-electron chi connectivity index (χ1n) is 14.7. The predicted octanol–water partition coefficient (Wildman–Crippen LogP) is 6.47. The Labute approximate surface area is 246 Å². The lowest BCUT2D eigenvalue weighted by atomic mass is 10.00. The Kier molecular flexibility index (Phi) is 7.01. The number of nitrogen functional groups attached to an aromatic ring is 1. The van der Waals surface area contributed by atoms with E-state index in [1.807, 2.05) is 42.5 Å². The molecule has 0 atom stereocenters. The maximum atomic E-state index is 6.33. The van der Waals surface area contributed by atoms with Crippen LogP contribution in [0.15, 0.2) is 109 Å². The minimum Gasteiger partial charge on any atom is -0.383 e. The third-order valence-electron chi connectivity index (χ3n) is 8.47. The van der Waals surface area contributed by atoms with Crippen molar-refractivity contribution >= 4 is 17.0 Å². The first kappa shape index (κ1) is 26.2. The Morgan fingerprint density at radius 1 is 0.857 bits per heavy atom. The second-order valence-electron chi connectivity index (χ2n) is 11.2. The molecule has 2 aliphatic heterocycles. The zero-order valence-corrected chi connectivity index (χ0v) is 23.7. The third-order valence-corrected chi connectivity index (χ3v) is 8.47. The molecule has 5 aromatic rings. The molecule has 0 bridgehead atoms. The number of aromatic nitrogens is 4. The van der Waals surface area contributed by atoms with E-state index < -0.39 is 0 Å². The summed E-state index contributed by atoms with van der Waals surface area (Å²) >= 11 is 0. The number of pyridine rings is 2. The van der Waals surface area contributed by atoms with Gasteiger partial charge in [-0.15, -0.1) is 0 Å². The molecular formula is C35H35N7. The van der Waals surface area contributed by atoms with E-state index in [-0.39, 0.29) is 0 Å². The standard InChI is InChI=1S/C35H35N7/c1-25-8-5-6-21-41(25)28-18-22-40(23-19-28)24-26-12-14-29(15-13-26)42-34(30-11-7-20-37-33(30)36)39-32-17-16-31(38-35(32)42)27-9-3-2-4-10-27/h2-5,7-17,20,28H,1,6,18-19,21-24H2,(H2,36,37). The lowest BCUT2D eigenvalue weighted by Gasteiger charge is -2.41. The average Bonchev–Trinajstić information content (AvgIpc) is 3.41. The summed E-state index contributed by atoms with van der Waals surface area (Å²) in [5.74, 6) is 1.18. The summed E-state index contributed by atoms with van der Waals surface area (Å²) < 4.78 is 2.10. The number of imidazole rings is 1. The summed E-state index contributed by atoms with van der Waals surface area (Å²) in [7, 11) is 0. The van der Waals surface area contributed by atoms with Gasteiger partial charge in [0.25, 0.3) is 0 Å². The van der Waals surface area contributed by atoms with E-state index in [1.54, 1.807) is 6.20 Å². The van der Waals surface area contributed by atoms with E-state index in [1.165, 1.54) is 24.1 Å². The monoisotopic (exact) mass is 553 g/mol. The quantitative estimate of drug-likeness (QED) is 0.260. The number of hydrogen-bond acceptors (Lipinski definition) is 6. The van der Waals surface area contributed by atoms with Crippen molar-refractivity contribution in [3.05, 3.63) is 115 Å². The molecule has 2 aliphatic rings. The zero-order chi connectivity index (χ0) is 28.5.